The van der Waals surface area contributed by atoms with Gasteiger partial charge in [-0.1, -0.05) is 6.07 Å². The number of pyridine rings is 1. The molecule has 2 aliphatic heterocycles. The summed E-state index contributed by atoms with van der Waals surface area (Å²) < 4.78 is 26.5. The van der Waals surface area contributed by atoms with E-state index in [0.717, 1.165) is 5.56 Å². The van der Waals surface area contributed by atoms with Crippen LogP contribution >= 0.6 is 0 Å². The van der Waals surface area contributed by atoms with E-state index < -0.39 is 11.4 Å². The zero-order chi connectivity index (χ0) is 25.5. The van der Waals surface area contributed by atoms with Gasteiger partial charge in [0.25, 0.3) is 0 Å². The van der Waals surface area contributed by atoms with Crippen molar-refractivity contribution in [2.45, 2.75) is 65.3 Å². The highest BCUT2D eigenvalue weighted by Gasteiger charge is 2.36. The second-order valence-corrected chi connectivity index (χ2v) is 11.2. The molecule has 8 nitrogen and oxygen atoms in total. The number of piperazine rings is 1. The molecule has 0 bridgehead atoms. The van der Waals surface area contributed by atoms with Crippen LogP contribution in [0.15, 0.2) is 24.3 Å². The molecule has 1 fully saturated rings. The average Bonchev–Trinajstić information content (AvgIpc) is 2.90. The van der Waals surface area contributed by atoms with Crippen molar-refractivity contribution in [3.8, 4) is 22.8 Å². The number of phenols is 1. The molecule has 1 aromatic carbocycles. The highest BCUT2D eigenvalue weighted by atomic mass is 19.1. The van der Waals surface area contributed by atoms with Gasteiger partial charge in [0, 0.05) is 37.8 Å². The first-order chi connectivity index (χ1) is 16.3. The van der Waals surface area contributed by atoms with Crippen molar-refractivity contribution in [1.29, 1.82) is 0 Å². The molecule has 3 heterocycles. The lowest BCUT2D eigenvalue weighted by molar-refractivity contribution is -0.00153. The van der Waals surface area contributed by atoms with Crippen LogP contribution in [0.25, 0.3) is 11.3 Å². The first-order valence-electron chi connectivity index (χ1n) is 12.0. The van der Waals surface area contributed by atoms with Gasteiger partial charge in [0.2, 0.25) is 0 Å². The number of aromatic hydroxyl groups is 1. The molecule has 2 aromatic rings. The zero-order valence-corrected chi connectivity index (χ0v) is 21.3. The van der Waals surface area contributed by atoms with Crippen LogP contribution < -0.4 is 10.1 Å². The quantitative estimate of drug-likeness (QED) is 0.641. The molecule has 4 rings (SSSR count). The highest BCUT2D eigenvalue weighted by Crippen LogP contribution is 2.39. The molecule has 35 heavy (non-hydrogen) atoms. The summed E-state index contributed by atoms with van der Waals surface area (Å²) in [6, 6.07) is 5.85. The molecule has 1 saturated heterocycles. The van der Waals surface area contributed by atoms with E-state index in [2.05, 4.69) is 10.2 Å². The molecular formula is C26H35FN4O4. The van der Waals surface area contributed by atoms with Crippen molar-refractivity contribution < 1.29 is 23.8 Å². The van der Waals surface area contributed by atoms with E-state index in [1.807, 2.05) is 41.5 Å². The third kappa shape index (κ3) is 5.78. The van der Waals surface area contributed by atoms with E-state index in [0.29, 0.717) is 50.0 Å². The Labute approximate surface area is 206 Å². The summed E-state index contributed by atoms with van der Waals surface area (Å²) in [4.78, 5) is 21.4. The number of amides is 1. The maximum absolute atomic E-state index is 14.7. The van der Waals surface area contributed by atoms with Gasteiger partial charge in [-0.25, -0.2) is 14.2 Å². The molecule has 1 amide bonds. The molecule has 0 radical (unpaired) electrons. The summed E-state index contributed by atoms with van der Waals surface area (Å²) >= 11 is 0. The molecular weight excluding hydrogens is 451 g/mol. The van der Waals surface area contributed by atoms with Crippen LogP contribution in [0.1, 0.15) is 47.1 Å². The summed E-state index contributed by atoms with van der Waals surface area (Å²) in [6.45, 7) is 14.3. The number of fused-ring (bicyclic) bond motifs is 2. The first kappa shape index (κ1) is 25.0. The number of aromatic nitrogens is 1. The van der Waals surface area contributed by atoms with Gasteiger partial charge in [0.05, 0.1) is 22.9 Å². The molecule has 9 heteroatoms. The van der Waals surface area contributed by atoms with Crippen molar-refractivity contribution in [2.24, 2.45) is 0 Å². The normalized spacial score (nSPS) is 18.7. The van der Waals surface area contributed by atoms with Gasteiger partial charge >= 0.3 is 6.09 Å². The first-order valence-corrected chi connectivity index (χ1v) is 12.0. The van der Waals surface area contributed by atoms with Gasteiger partial charge in [0.15, 0.2) is 0 Å². The molecule has 190 valence electrons. The Morgan fingerprint density at radius 2 is 1.97 bits per heavy atom. The molecule has 1 aromatic heterocycles. The number of hydrogen-bond acceptors (Lipinski definition) is 7. The second-order valence-electron chi connectivity index (χ2n) is 11.2. The maximum Gasteiger partial charge on any atom is 0.410 e. The third-order valence-corrected chi connectivity index (χ3v) is 5.87. The summed E-state index contributed by atoms with van der Waals surface area (Å²) in [5, 5.41) is 13.8. The number of phenolic OH excluding ortho intramolecular Hbond substituents is 1. The third-order valence-electron chi connectivity index (χ3n) is 5.87. The topological polar surface area (TPSA) is 87.2 Å². The fourth-order valence-electron chi connectivity index (χ4n) is 4.32. The number of halogens is 1. The van der Waals surface area contributed by atoms with Crippen LogP contribution in [0.2, 0.25) is 0 Å². The number of nitrogens with one attached hydrogen (secondary N) is 1. The van der Waals surface area contributed by atoms with Gasteiger partial charge in [-0.05, 0) is 53.7 Å². The van der Waals surface area contributed by atoms with Gasteiger partial charge in [-0.3, -0.25) is 4.90 Å². The molecule has 2 N–H and O–H groups in total. The summed E-state index contributed by atoms with van der Waals surface area (Å²) in [5.74, 6) is 0.432. The van der Waals surface area contributed by atoms with E-state index >= 15 is 0 Å². The largest absolute Gasteiger partial charge is 0.507 e. The lowest BCUT2D eigenvalue weighted by Gasteiger charge is -2.40. The maximum atomic E-state index is 14.7. The van der Waals surface area contributed by atoms with E-state index in [4.69, 9.17) is 14.5 Å². The minimum absolute atomic E-state index is 0.0310. The van der Waals surface area contributed by atoms with E-state index in [9.17, 15) is 14.3 Å². The van der Waals surface area contributed by atoms with Gasteiger partial charge < -0.3 is 24.8 Å². The Bertz CT molecular complexity index is 1090. The van der Waals surface area contributed by atoms with Crippen molar-refractivity contribution in [3.05, 3.63) is 35.6 Å². The molecule has 2 aliphatic rings. The minimum Gasteiger partial charge on any atom is -0.507 e. The second kappa shape index (κ2) is 9.18. The molecule has 1 atom stereocenters. The number of nitrogens with zero attached hydrogens (tertiary/aromatic N) is 3. The highest BCUT2D eigenvalue weighted by molar-refractivity contribution is 5.72. The van der Waals surface area contributed by atoms with Crippen LogP contribution in [0.5, 0.6) is 11.5 Å². The monoisotopic (exact) mass is 486 g/mol. The van der Waals surface area contributed by atoms with Crippen LogP contribution in [0.4, 0.5) is 15.0 Å². The number of benzene rings is 1. The van der Waals surface area contributed by atoms with Crippen LogP contribution in [0.3, 0.4) is 0 Å². The minimum atomic E-state index is -0.557. The van der Waals surface area contributed by atoms with Crippen LogP contribution in [-0.2, 0) is 11.3 Å². The number of carbonyl (C=O) groups is 1. The standard InChI is InChI=1S/C26H35FN4O4/c1-25(2,3)29-23-17-14-30-10-11-31(24(33)35-26(4,5)6)13-16(30)15-34-21(17)12-19(28-23)22-18(27)8-7-9-20(22)32/h7-9,12,16,32H,10-11,13-15H2,1-6H3,(H,28,29)/t16-/m1/s1. The Balaban J connectivity index is 1.66. The fraction of sp³-hybridized carbons (Fsp3) is 0.538. The predicted molar refractivity (Wildman–Crippen MR) is 132 cm³/mol. The van der Waals surface area contributed by atoms with E-state index in [1.165, 1.54) is 18.2 Å². The predicted octanol–water partition coefficient (Wildman–Crippen LogP) is 4.62. The Kier molecular flexibility index (Phi) is 6.57. The molecule has 0 spiro atoms. The molecule has 0 aliphatic carbocycles. The lowest BCUT2D eigenvalue weighted by atomic mass is 10.0. The van der Waals surface area contributed by atoms with Crippen molar-refractivity contribution >= 4 is 11.9 Å². The van der Waals surface area contributed by atoms with Crippen molar-refractivity contribution in [2.75, 3.05) is 31.6 Å². The number of rotatable bonds is 2. The van der Waals surface area contributed by atoms with E-state index in [1.54, 1.807) is 11.0 Å². The van der Waals surface area contributed by atoms with Crippen LogP contribution in [-0.4, -0.2) is 69.4 Å². The van der Waals surface area contributed by atoms with Gasteiger partial charge in [-0.15, -0.1) is 0 Å². The van der Waals surface area contributed by atoms with Crippen molar-refractivity contribution in [3.63, 3.8) is 0 Å². The van der Waals surface area contributed by atoms with Gasteiger partial charge in [0.1, 0.15) is 35.3 Å². The average molecular weight is 487 g/mol. The fourth-order valence-corrected chi connectivity index (χ4v) is 4.32. The Morgan fingerprint density at radius 1 is 1.23 bits per heavy atom. The van der Waals surface area contributed by atoms with E-state index in [-0.39, 0.29) is 29.0 Å². The number of carbonyl (C=O) groups excluding carboxylic acids is 1. The van der Waals surface area contributed by atoms with Crippen LogP contribution in [0, 0.1) is 5.82 Å². The smallest absolute Gasteiger partial charge is 0.410 e. The summed E-state index contributed by atoms with van der Waals surface area (Å²) in [7, 11) is 0. The number of ether oxygens (including phenoxy) is 2. The Morgan fingerprint density at radius 3 is 2.63 bits per heavy atom. The van der Waals surface area contributed by atoms with Gasteiger partial charge in [-0.2, -0.15) is 0 Å². The summed E-state index contributed by atoms with van der Waals surface area (Å²) in [5.41, 5.74) is 0.332. The SMILES string of the molecule is CC(C)(C)Nc1nc(-c2c(O)cccc2F)cc2c1CN1CCN(C(=O)OC(C)(C)C)C[C@@H]1CO2. The molecule has 0 saturated carbocycles. The number of hydrogen-bond donors (Lipinski definition) is 2. The zero-order valence-electron chi connectivity index (χ0n) is 21.3. The number of anilines is 1. The molecule has 0 unspecified atom stereocenters. The van der Waals surface area contributed by atoms with Crippen molar-refractivity contribution in [1.82, 2.24) is 14.8 Å². The Hall–Kier alpha value is -3.07. The summed E-state index contributed by atoms with van der Waals surface area (Å²) in [6.07, 6.45) is -0.326. The lowest BCUT2D eigenvalue weighted by Crippen LogP contribution is -2.56.